The summed E-state index contributed by atoms with van der Waals surface area (Å²) in [6.07, 6.45) is 2.32. The van der Waals surface area contributed by atoms with Crippen molar-refractivity contribution in [1.82, 2.24) is 24.6 Å². The van der Waals surface area contributed by atoms with Gasteiger partial charge in [0.05, 0.1) is 12.1 Å². The van der Waals surface area contributed by atoms with Gasteiger partial charge in [0.15, 0.2) is 0 Å². The van der Waals surface area contributed by atoms with Crippen molar-refractivity contribution in [3.63, 3.8) is 0 Å². The fourth-order valence-electron chi connectivity index (χ4n) is 5.49. The van der Waals surface area contributed by atoms with E-state index in [4.69, 9.17) is 10.7 Å². The number of anilines is 1. The Labute approximate surface area is 219 Å². The second-order valence-electron chi connectivity index (χ2n) is 9.64. The molecular weight excluding hydrogens is 482 g/mol. The van der Waals surface area contributed by atoms with Gasteiger partial charge in [-0.1, -0.05) is 36.4 Å². The van der Waals surface area contributed by atoms with Crippen LogP contribution < -0.4 is 15.8 Å². The number of pyridine rings is 1. The molecule has 188 valence electrons. The van der Waals surface area contributed by atoms with Crippen molar-refractivity contribution in [3.05, 3.63) is 86.7 Å². The maximum absolute atomic E-state index is 13.6. The SMILES string of the molecule is Cc1cc(-c2c(-c3ccccc3)nc(N)[n+]3c(=O)n(CCN4CCCC4c4cccs4)[nH]c23)cc(C)n1. The summed E-state index contributed by atoms with van der Waals surface area (Å²) >= 11 is 1.80. The van der Waals surface area contributed by atoms with Crippen LogP contribution in [-0.2, 0) is 6.54 Å². The lowest BCUT2D eigenvalue weighted by atomic mass is 9.99. The van der Waals surface area contributed by atoms with Gasteiger partial charge in [-0.15, -0.1) is 20.7 Å². The van der Waals surface area contributed by atoms with Crippen LogP contribution in [0.3, 0.4) is 0 Å². The van der Waals surface area contributed by atoms with Crippen LogP contribution in [0.4, 0.5) is 5.95 Å². The number of nitrogens with zero attached hydrogens (tertiary/aromatic N) is 5. The van der Waals surface area contributed by atoms with Gasteiger partial charge in [0, 0.05) is 34.4 Å². The second-order valence-corrected chi connectivity index (χ2v) is 10.6. The lowest BCUT2D eigenvalue weighted by Gasteiger charge is -2.22. The van der Waals surface area contributed by atoms with Crippen LogP contribution in [0.2, 0.25) is 0 Å². The molecule has 5 aromatic rings. The average Bonchev–Trinajstić information content (AvgIpc) is 3.63. The van der Waals surface area contributed by atoms with E-state index < -0.39 is 0 Å². The highest BCUT2D eigenvalue weighted by molar-refractivity contribution is 7.10. The van der Waals surface area contributed by atoms with E-state index in [1.807, 2.05) is 56.3 Å². The number of hydrogen-bond acceptors (Lipinski definition) is 6. The van der Waals surface area contributed by atoms with E-state index in [0.717, 1.165) is 53.3 Å². The van der Waals surface area contributed by atoms with Crippen LogP contribution in [0, 0.1) is 13.8 Å². The van der Waals surface area contributed by atoms with Crippen molar-refractivity contribution in [2.75, 3.05) is 18.8 Å². The Kier molecular flexibility index (Phi) is 6.10. The Hall–Kier alpha value is -3.82. The molecule has 5 heterocycles. The molecule has 1 saturated heterocycles. The maximum Gasteiger partial charge on any atom is 0.428 e. The number of hydrogen-bond donors (Lipinski definition) is 2. The minimum absolute atomic E-state index is 0.165. The number of H-pyrrole nitrogens is 1. The first-order valence-electron chi connectivity index (χ1n) is 12.6. The summed E-state index contributed by atoms with van der Waals surface area (Å²) in [5.74, 6) is 0.165. The van der Waals surface area contributed by atoms with Crippen molar-refractivity contribution in [1.29, 1.82) is 0 Å². The third kappa shape index (κ3) is 4.34. The van der Waals surface area contributed by atoms with Crippen LogP contribution in [0.1, 0.15) is 35.1 Å². The van der Waals surface area contributed by atoms with Gasteiger partial charge < -0.3 is 5.73 Å². The molecule has 0 radical (unpaired) electrons. The minimum Gasteiger partial charge on any atom is -0.319 e. The van der Waals surface area contributed by atoms with Crippen molar-refractivity contribution < 1.29 is 4.40 Å². The molecule has 37 heavy (non-hydrogen) atoms. The second kappa shape index (κ2) is 9.57. The molecule has 1 fully saturated rings. The number of thiophene rings is 1. The number of fused-ring (bicyclic) bond motifs is 1. The molecule has 0 aliphatic carbocycles. The number of rotatable bonds is 6. The normalized spacial score (nSPS) is 16.1. The molecule has 1 unspecified atom stereocenters. The third-order valence-corrected chi connectivity index (χ3v) is 8.05. The number of nitrogens with one attached hydrogen (secondary N) is 1. The van der Waals surface area contributed by atoms with Crippen molar-refractivity contribution >= 4 is 22.9 Å². The van der Waals surface area contributed by atoms with Crippen LogP contribution in [0.15, 0.2) is 64.8 Å². The Balaban J connectivity index is 1.46. The first kappa shape index (κ1) is 23.6. The topological polar surface area (TPSA) is 96.9 Å². The van der Waals surface area contributed by atoms with Gasteiger partial charge in [-0.2, -0.15) is 4.68 Å². The van der Waals surface area contributed by atoms with Gasteiger partial charge >= 0.3 is 11.6 Å². The Morgan fingerprint density at radius 3 is 2.57 bits per heavy atom. The number of benzene rings is 1. The van der Waals surface area contributed by atoms with Crippen LogP contribution in [0.5, 0.6) is 0 Å². The number of aromatic nitrogens is 5. The maximum atomic E-state index is 13.6. The summed E-state index contributed by atoms with van der Waals surface area (Å²) in [5, 5.41) is 5.53. The lowest BCUT2D eigenvalue weighted by molar-refractivity contribution is -0.516. The molecule has 0 amide bonds. The highest BCUT2D eigenvalue weighted by Crippen LogP contribution is 2.35. The molecule has 1 aliphatic rings. The summed E-state index contributed by atoms with van der Waals surface area (Å²) in [6, 6.07) is 18.7. The lowest BCUT2D eigenvalue weighted by Crippen LogP contribution is -2.45. The molecule has 1 atom stereocenters. The number of aryl methyl sites for hydroxylation is 2. The Bertz CT molecular complexity index is 1600. The third-order valence-electron chi connectivity index (χ3n) is 7.08. The number of aromatic amines is 1. The van der Waals surface area contributed by atoms with Crippen molar-refractivity contribution in [2.45, 2.75) is 39.3 Å². The monoisotopic (exact) mass is 512 g/mol. The minimum atomic E-state index is -0.213. The van der Waals surface area contributed by atoms with Gasteiger partial charge in [-0.3, -0.25) is 9.88 Å². The van der Waals surface area contributed by atoms with E-state index >= 15 is 0 Å². The summed E-state index contributed by atoms with van der Waals surface area (Å²) in [6.45, 7) is 6.30. The zero-order valence-corrected chi connectivity index (χ0v) is 21.8. The van der Waals surface area contributed by atoms with E-state index in [9.17, 15) is 4.79 Å². The van der Waals surface area contributed by atoms with E-state index in [1.54, 1.807) is 16.0 Å². The highest BCUT2D eigenvalue weighted by atomic mass is 32.1. The van der Waals surface area contributed by atoms with Crippen molar-refractivity contribution in [3.8, 4) is 22.4 Å². The molecule has 4 aromatic heterocycles. The quantitative estimate of drug-likeness (QED) is 0.334. The molecule has 0 bridgehead atoms. The Morgan fingerprint density at radius 1 is 1.05 bits per heavy atom. The molecule has 6 rings (SSSR count). The number of nitrogens with two attached hydrogens (primary N) is 1. The predicted molar refractivity (Wildman–Crippen MR) is 146 cm³/mol. The highest BCUT2D eigenvalue weighted by Gasteiger charge is 2.29. The van der Waals surface area contributed by atoms with Crippen LogP contribution >= 0.6 is 11.3 Å². The zero-order valence-electron chi connectivity index (χ0n) is 21.0. The number of nitrogen functional groups attached to an aromatic ring is 1. The largest absolute Gasteiger partial charge is 0.428 e. The summed E-state index contributed by atoms with van der Waals surface area (Å²) < 4.78 is 3.16. The summed E-state index contributed by atoms with van der Waals surface area (Å²) in [7, 11) is 0. The van der Waals surface area contributed by atoms with Crippen LogP contribution in [0.25, 0.3) is 28.0 Å². The predicted octanol–water partition coefficient (Wildman–Crippen LogP) is 4.14. The van der Waals surface area contributed by atoms with E-state index in [0.29, 0.717) is 18.2 Å². The standard InChI is InChI=1S/C28H29N7OS/c1-18-16-21(17-19(2)30-18)24-25(20-8-4-3-5-9-20)31-27(29)35-26(24)32-34(28(35)36)14-13-33-12-6-10-22(33)23-11-7-15-37-23/h3-5,7-9,11,15-17,22H,6,10,12-14H2,1-2H3,(H2,29,30,31,32)/p+1. The van der Waals surface area contributed by atoms with Gasteiger partial charge in [-0.05, 0) is 62.4 Å². The first-order valence-corrected chi connectivity index (χ1v) is 13.5. The van der Waals surface area contributed by atoms with Gasteiger partial charge in [0.1, 0.15) is 5.69 Å². The zero-order chi connectivity index (χ0) is 25.5. The van der Waals surface area contributed by atoms with Gasteiger partial charge in [-0.25, -0.2) is 9.89 Å². The smallest absolute Gasteiger partial charge is 0.319 e. The number of likely N-dealkylation sites (tertiary alicyclic amines) is 1. The fourth-order valence-corrected chi connectivity index (χ4v) is 6.38. The van der Waals surface area contributed by atoms with Gasteiger partial charge in [0.25, 0.3) is 0 Å². The molecule has 9 heteroatoms. The molecule has 1 aliphatic heterocycles. The molecule has 3 N–H and O–H groups in total. The summed E-state index contributed by atoms with van der Waals surface area (Å²) in [5.41, 5.74) is 12.1. The molecule has 0 saturated carbocycles. The average molecular weight is 513 g/mol. The van der Waals surface area contributed by atoms with E-state index in [-0.39, 0.29) is 11.6 Å². The van der Waals surface area contributed by atoms with E-state index in [1.165, 1.54) is 15.7 Å². The van der Waals surface area contributed by atoms with E-state index in [2.05, 4.69) is 32.5 Å². The summed E-state index contributed by atoms with van der Waals surface area (Å²) in [4.78, 5) is 26.7. The van der Waals surface area contributed by atoms with Crippen molar-refractivity contribution in [2.24, 2.45) is 0 Å². The van der Waals surface area contributed by atoms with Crippen LogP contribution in [-0.4, -0.2) is 37.7 Å². The molecular formula is C28H30N7OS+. The molecule has 8 nitrogen and oxygen atoms in total. The molecule has 0 spiro atoms. The Morgan fingerprint density at radius 2 is 1.84 bits per heavy atom. The first-order chi connectivity index (χ1) is 18.0. The van der Waals surface area contributed by atoms with Gasteiger partial charge in [0.2, 0.25) is 5.65 Å². The molecule has 1 aromatic carbocycles. The fraction of sp³-hybridized carbons (Fsp3) is 0.286.